The van der Waals surface area contributed by atoms with Crippen molar-refractivity contribution in [3.05, 3.63) is 30.0 Å². The Morgan fingerprint density at radius 1 is 1.25 bits per heavy atom. The minimum atomic E-state index is -3.54. The third-order valence-corrected chi connectivity index (χ3v) is 5.58. The lowest BCUT2D eigenvalue weighted by Gasteiger charge is -2.26. The van der Waals surface area contributed by atoms with Gasteiger partial charge in [-0.2, -0.15) is 14.6 Å². The Balaban J connectivity index is 1.88. The zero-order valence-corrected chi connectivity index (χ0v) is 13.8. The number of hydrogen-bond acceptors (Lipinski definition) is 7. The van der Waals surface area contributed by atoms with Crippen LogP contribution in [-0.2, 0) is 14.8 Å². The molecule has 126 valence electrons. The van der Waals surface area contributed by atoms with Gasteiger partial charge in [-0.3, -0.25) is 0 Å². The molecule has 1 N–H and O–H groups in total. The van der Waals surface area contributed by atoms with Gasteiger partial charge in [0.05, 0.1) is 18.1 Å². The minimum absolute atomic E-state index is 0.150. The summed E-state index contributed by atoms with van der Waals surface area (Å²) in [7, 11) is -1.91. The molecule has 0 unspecified atom stereocenters. The number of sulfonamides is 1. The fourth-order valence-electron chi connectivity index (χ4n) is 2.39. The molecule has 0 amide bonds. The molecule has 2 heterocycles. The summed E-state index contributed by atoms with van der Waals surface area (Å²) < 4.78 is 37.2. The number of nitrogens with zero attached hydrogens (tertiary/aromatic N) is 3. The molecule has 0 radical (unpaired) electrons. The largest absolute Gasteiger partial charge is 0.419 e. The van der Waals surface area contributed by atoms with Crippen molar-refractivity contribution in [2.45, 2.75) is 4.90 Å². The van der Waals surface area contributed by atoms with Gasteiger partial charge in [-0.25, -0.2) is 8.42 Å². The molecule has 2 aromatic rings. The van der Waals surface area contributed by atoms with Gasteiger partial charge >= 0.3 is 0 Å². The molecule has 0 bridgehead atoms. The number of aromatic nitrogens is 1. The summed E-state index contributed by atoms with van der Waals surface area (Å²) in [4.78, 5) is 4.29. The highest BCUT2D eigenvalue weighted by atomic mass is 32.2. The van der Waals surface area contributed by atoms with Crippen molar-refractivity contribution in [2.75, 3.05) is 38.7 Å². The second-order valence-corrected chi connectivity index (χ2v) is 7.04. The van der Waals surface area contributed by atoms with Gasteiger partial charge in [-0.1, -0.05) is 0 Å². The van der Waals surface area contributed by atoms with Gasteiger partial charge in [-0.05, 0) is 24.3 Å². The number of nitriles is 1. The Hall–Kier alpha value is -2.41. The topological polar surface area (TPSA) is 108 Å². The van der Waals surface area contributed by atoms with E-state index in [0.29, 0.717) is 31.9 Å². The maximum absolute atomic E-state index is 12.6. The minimum Gasteiger partial charge on any atom is -0.419 e. The van der Waals surface area contributed by atoms with Gasteiger partial charge in [-0.15, -0.1) is 0 Å². The third kappa shape index (κ3) is 2.99. The predicted octanol–water partition coefficient (Wildman–Crippen LogP) is 1.28. The van der Waals surface area contributed by atoms with Gasteiger partial charge in [0.1, 0.15) is 6.07 Å². The van der Waals surface area contributed by atoms with Gasteiger partial charge in [0, 0.05) is 25.7 Å². The van der Waals surface area contributed by atoms with E-state index in [1.165, 1.54) is 16.4 Å². The number of ether oxygens (including phenoxy) is 1. The second-order valence-electron chi connectivity index (χ2n) is 5.10. The van der Waals surface area contributed by atoms with Crippen molar-refractivity contribution in [1.29, 1.82) is 5.26 Å². The highest BCUT2D eigenvalue weighted by Crippen LogP contribution is 2.26. The first-order chi connectivity index (χ1) is 11.6. The molecule has 0 aliphatic carbocycles. The van der Waals surface area contributed by atoms with E-state index < -0.39 is 10.0 Å². The fraction of sp³-hybridized carbons (Fsp3) is 0.333. The Kier molecular flexibility index (Phi) is 4.53. The molecule has 1 aromatic heterocycles. The predicted molar refractivity (Wildman–Crippen MR) is 85.8 cm³/mol. The number of benzene rings is 1. The van der Waals surface area contributed by atoms with E-state index in [1.54, 1.807) is 19.2 Å². The number of hydrogen-bond donors (Lipinski definition) is 1. The van der Waals surface area contributed by atoms with Crippen LogP contribution in [0.5, 0.6) is 0 Å². The van der Waals surface area contributed by atoms with Crippen molar-refractivity contribution in [3.63, 3.8) is 0 Å². The molecule has 1 aliphatic rings. The van der Waals surface area contributed by atoms with Gasteiger partial charge in [0.15, 0.2) is 0 Å². The summed E-state index contributed by atoms with van der Waals surface area (Å²) in [6, 6.07) is 8.17. The first kappa shape index (κ1) is 16.4. The van der Waals surface area contributed by atoms with Crippen LogP contribution in [0.3, 0.4) is 0 Å². The summed E-state index contributed by atoms with van der Waals surface area (Å²) in [5.74, 6) is 0.531. The van der Waals surface area contributed by atoms with Crippen molar-refractivity contribution in [1.82, 2.24) is 9.29 Å². The molecule has 8 nitrogen and oxygen atoms in total. The first-order valence-corrected chi connectivity index (χ1v) is 8.77. The number of oxazole rings is 1. The quantitative estimate of drug-likeness (QED) is 0.886. The lowest BCUT2D eigenvalue weighted by atomic mass is 10.2. The zero-order chi connectivity index (χ0) is 17.2. The normalized spacial score (nSPS) is 15.8. The Bertz CT molecular complexity index is 862. The van der Waals surface area contributed by atoms with E-state index in [0.717, 1.165) is 0 Å². The second kappa shape index (κ2) is 6.60. The maximum atomic E-state index is 12.6. The Labute approximate surface area is 139 Å². The third-order valence-electron chi connectivity index (χ3n) is 3.67. The number of anilines is 1. The van der Waals surface area contributed by atoms with Gasteiger partial charge in [0.25, 0.3) is 0 Å². The summed E-state index contributed by atoms with van der Waals surface area (Å²) in [5, 5.41) is 11.7. The number of morpholine rings is 1. The van der Waals surface area contributed by atoms with Crippen LogP contribution in [0.2, 0.25) is 0 Å². The molecule has 1 aliphatic heterocycles. The Morgan fingerprint density at radius 2 is 1.92 bits per heavy atom. The van der Waals surface area contributed by atoms with E-state index in [9.17, 15) is 8.42 Å². The zero-order valence-electron chi connectivity index (χ0n) is 13.0. The smallest absolute Gasteiger partial charge is 0.243 e. The first-order valence-electron chi connectivity index (χ1n) is 7.33. The molecule has 1 saturated heterocycles. The molecule has 9 heteroatoms. The summed E-state index contributed by atoms with van der Waals surface area (Å²) in [6.45, 7) is 1.50. The van der Waals surface area contributed by atoms with Crippen LogP contribution >= 0.6 is 0 Å². The molecule has 1 aromatic carbocycles. The van der Waals surface area contributed by atoms with Crippen LogP contribution in [0, 0.1) is 11.3 Å². The van der Waals surface area contributed by atoms with Crippen LogP contribution in [-0.4, -0.2) is 51.1 Å². The van der Waals surface area contributed by atoms with Crippen molar-refractivity contribution >= 4 is 15.9 Å². The SMILES string of the molecule is CNc1oc(-c2ccc(S(=O)(=O)N3CCOCC3)cc2)nc1C#N. The molecule has 0 atom stereocenters. The molecule has 3 rings (SSSR count). The monoisotopic (exact) mass is 348 g/mol. The van der Waals surface area contributed by atoms with Crippen LogP contribution in [0.15, 0.2) is 33.6 Å². The molecular formula is C15H16N4O4S. The van der Waals surface area contributed by atoms with E-state index in [-0.39, 0.29) is 22.4 Å². The highest BCUT2D eigenvalue weighted by Gasteiger charge is 2.26. The van der Waals surface area contributed by atoms with E-state index in [2.05, 4.69) is 10.3 Å². The van der Waals surface area contributed by atoms with Crippen molar-refractivity contribution < 1.29 is 17.6 Å². The number of nitrogens with one attached hydrogen (secondary N) is 1. The summed E-state index contributed by atoms with van der Waals surface area (Å²) in [6.07, 6.45) is 0. The summed E-state index contributed by atoms with van der Waals surface area (Å²) in [5.41, 5.74) is 0.742. The van der Waals surface area contributed by atoms with Gasteiger partial charge in [0.2, 0.25) is 27.5 Å². The lowest BCUT2D eigenvalue weighted by molar-refractivity contribution is 0.0730. The molecule has 0 spiro atoms. The molecule has 1 fully saturated rings. The maximum Gasteiger partial charge on any atom is 0.243 e. The molecular weight excluding hydrogens is 332 g/mol. The van der Waals surface area contributed by atoms with E-state index in [1.807, 2.05) is 6.07 Å². The molecule has 0 saturated carbocycles. The van der Waals surface area contributed by atoms with Crippen LogP contribution in [0.4, 0.5) is 5.88 Å². The number of rotatable bonds is 4. The lowest BCUT2D eigenvalue weighted by Crippen LogP contribution is -2.40. The standard InChI is InChI=1S/C15H16N4O4S/c1-17-15-13(10-16)18-14(23-15)11-2-4-12(5-3-11)24(20,21)19-6-8-22-9-7-19/h2-5,17H,6-9H2,1H3. The fourth-order valence-corrected chi connectivity index (χ4v) is 3.80. The molecule has 24 heavy (non-hydrogen) atoms. The average Bonchev–Trinajstić information content (AvgIpc) is 3.06. The van der Waals surface area contributed by atoms with E-state index >= 15 is 0 Å². The van der Waals surface area contributed by atoms with E-state index in [4.69, 9.17) is 14.4 Å². The van der Waals surface area contributed by atoms with Crippen LogP contribution in [0.1, 0.15) is 5.69 Å². The van der Waals surface area contributed by atoms with Crippen LogP contribution < -0.4 is 5.32 Å². The van der Waals surface area contributed by atoms with Gasteiger partial charge < -0.3 is 14.5 Å². The average molecular weight is 348 g/mol. The Morgan fingerprint density at radius 3 is 2.46 bits per heavy atom. The summed E-state index contributed by atoms with van der Waals surface area (Å²) >= 11 is 0. The van der Waals surface area contributed by atoms with Crippen molar-refractivity contribution in [2.24, 2.45) is 0 Å². The van der Waals surface area contributed by atoms with Crippen molar-refractivity contribution in [3.8, 4) is 17.5 Å². The van der Waals surface area contributed by atoms with Crippen LogP contribution in [0.25, 0.3) is 11.5 Å². The highest BCUT2D eigenvalue weighted by molar-refractivity contribution is 7.89.